The van der Waals surface area contributed by atoms with Gasteiger partial charge in [-0.2, -0.15) is 0 Å². The Kier molecular flexibility index (Phi) is 8.98. The summed E-state index contributed by atoms with van der Waals surface area (Å²) in [5, 5.41) is 11.6. The number of aliphatic hydroxyl groups is 1. The maximum Gasteiger partial charge on any atom is 0.573 e. The molecule has 2 aliphatic heterocycles. The van der Waals surface area contributed by atoms with E-state index in [4.69, 9.17) is 0 Å². The van der Waals surface area contributed by atoms with E-state index >= 15 is 0 Å². The minimum Gasteiger partial charge on any atom is -0.406 e. The molecule has 3 aliphatic rings. The third-order valence-electron chi connectivity index (χ3n) is 7.82. The zero-order valence-electron chi connectivity index (χ0n) is 19.5. The summed E-state index contributed by atoms with van der Waals surface area (Å²) in [5.41, 5.74) is -0.151. The quantitative estimate of drug-likeness (QED) is 0.563. The van der Waals surface area contributed by atoms with Gasteiger partial charge < -0.3 is 19.6 Å². The van der Waals surface area contributed by atoms with E-state index in [1.807, 2.05) is 6.07 Å². The smallest absolute Gasteiger partial charge is 0.406 e. The number of hydrogen-bond acceptors (Lipinski definition) is 4. The minimum atomic E-state index is -4.72. The third-order valence-corrected chi connectivity index (χ3v) is 7.82. The van der Waals surface area contributed by atoms with Gasteiger partial charge in [-0.15, -0.1) is 25.6 Å². The van der Waals surface area contributed by atoms with Crippen LogP contribution in [0.15, 0.2) is 24.3 Å². The topological polar surface area (TPSA) is 35.9 Å². The van der Waals surface area contributed by atoms with Crippen LogP contribution in [0.2, 0.25) is 0 Å². The van der Waals surface area contributed by atoms with Crippen molar-refractivity contribution in [1.29, 1.82) is 0 Å². The molecule has 33 heavy (non-hydrogen) atoms. The lowest BCUT2D eigenvalue weighted by atomic mass is 9.79. The minimum absolute atomic E-state index is 0. The molecule has 8 heteroatoms. The van der Waals surface area contributed by atoms with Gasteiger partial charge >= 0.3 is 6.36 Å². The normalized spacial score (nSPS) is 28.9. The summed E-state index contributed by atoms with van der Waals surface area (Å²) in [6.45, 7) is 7.17. The average Bonchev–Trinajstić information content (AvgIpc) is 3.11. The number of likely N-dealkylation sites (tertiary alicyclic amines) is 2. The SMILES string of the molecule is C[C@@H]1CCC(O)(C(CN2CCC(N3CCCCC3)CC2)c2cccc(OC(F)(F)F)c2)C1.Cl. The first-order valence-corrected chi connectivity index (χ1v) is 12.3. The van der Waals surface area contributed by atoms with Crippen LogP contribution in [0.3, 0.4) is 0 Å². The third kappa shape index (κ3) is 7.00. The number of benzene rings is 1. The molecule has 1 saturated carbocycles. The molecule has 0 aromatic heterocycles. The van der Waals surface area contributed by atoms with Crippen molar-refractivity contribution in [2.75, 3.05) is 32.7 Å². The van der Waals surface area contributed by atoms with E-state index in [2.05, 4.69) is 21.5 Å². The van der Waals surface area contributed by atoms with Gasteiger partial charge in [0.25, 0.3) is 0 Å². The maximum atomic E-state index is 12.8. The van der Waals surface area contributed by atoms with Gasteiger partial charge in [-0.05, 0) is 94.7 Å². The van der Waals surface area contributed by atoms with Crippen molar-refractivity contribution in [3.63, 3.8) is 0 Å². The highest BCUT2D eigenvalue weighted by Crippen LogP contribution is 2.45. The summed E-state index contributed by atoms with van der Waals surface area (Å²) in [5.74, 6) is -0.0174. The Bertz CT molecular complexity index is 751. The number of halogens is 4. The molecule has 3 atom stereocenters. The van der Waals surface area contributed by atoms with Crippen molar-refractivity contribution < 1.29 is 23.0 Å². The first kappa shape index (κ1) is 26.6. The number of rotatable bonds is 6. The van der Waals surface area contributed by atoms with Gasteiger partial charge in [0.2, 0.25) is 0 Å². The van der Waals surface area contributed by atoms with Crippen LogP contribution in [0.25, 0.3) is 0 Å². The molecule has 1 aromatic rings. The highest BCUT2D eigenvalue weighted by atomic mass is 35.5. The lowest BCUT2D eigenvalue weighted by Gasteiger charge is -2.43. The fraction of sp³-hybridized carbons (Fsp3) is 0.760. The van der Waals surface area contributed by atoms with Crippen LogP contribution in [0, 0.1) is 5.92 Å². The fourth-order valence-corrected chi connectivity index (χ4v) is 6.14. The van der Waals surface area contributed by atoms with E-state index in [1.54, 1.807) is 6.07 Å². The molecule has 0 radical (unpaired) electrons. The highest BCUT2D eigenvalue weighted by molar-refractivity contribution is 5.85. The van der Waals surface area contributed by atoms with Crippen molar-refractivity contribution in [3.8, 4) is 5.75 Å². The molecule has 2 heterocycles. The molecule has 0 bridgehead atoms. The Morgan fingerprint density at radius 2 is 1.79 bits per heavy atom. The fourth-order valence-electron chi connectivity index (χ4n) is 6.14. The molecule has 1 aliphatic carbocycles. The number of hydrogen-bond donors (Lipinski definition) is 1. The van der Waals surface area contributed by atoms with Gasteiger partial charge in [-0.3, -0.25) is 0 Å². The molecule has 2 saturated heterocycles. The van der Waals surface area contributed by atoms with Crippen LogP contribution in [0.4, 0.5) is 13.2 Å². The molecule has 1 aromatic carbocycles. The summed E-state index contributed by atoms with van der Waals surface area (Å²) in [4.78, 5) is 5.05. The van der Waals surface area contributed by atoms with E-state index in [1.165, 1.54) is 44.5 Å². The number of nitrogens with zero attached hydrogens (tertiary/aromatic N) is 2. The van der Waals surface area contributed by atoms with Crippen LogP contribution in [0.5, 0.6) is 5.75 Å². The van der Waals surface area contributed by atoms with Crippen molar-refractivity contribution in [1.82, 2.24) is 9.80 Å². The summed E-state index contributed by atoms with van der Waals surface area (Å²) in [6, 6.07) is 6.89. The Labute approximate surface area is 201 Å². The number of ether oxygens (including phenoxy) is 1. The van der Waals surface area contributed by atoms with Gasteiger partial charge in [-0.1, -0.05) is 25.5 Å². The first-order chi connectivity index (χ1) is 15.2. The van der Waals surface area contributed by atoms with E-state index in [0.717, 1.165) is 37.9 Å². The van der Waals surface area contributed by atoms with E-state index < -0.39 is 12.0 Å². The second-order valence-electron chi connectivity index (χ2n) is 10.3. The molecule has 0 spiro atoms. The molecule has 3 fully saturated rings. The lowest BCUT2D eigenvalue weighted by molar-refractivity contribution is -0.274. The first-order valence-electron chi connectivity index (χ1n) is 12.3. The molecule has 188 valence electrons. The van der Waals surface area contributed by atoms with Crippen LogP contribution in [-0.4, -0.2) is 65.6 Å². The van der Waals surface area contributed by atoms with E-state index in [0.29, 0.717) is 31.3 Å². The van der Waals surface area contributed by atoms with Gasteiger partial charge in [0.05, 0.1) is 5.60 Å². The maximum absolute atomic E-state index is 12.8. The molecule has 4 nitrogen and oxygen atoms in total. The van der Waals surface area contributed by atoms with Crippen LogP contribution in [0.1, 0.15) is 69.8 Å². The second kappa shape index (κ2) is 11.1. The zero-order valence-corrected chi connectivity index (χ0v) is 20.3. The van der Waals surface area contributed by atoms with Gasteiger partial charge in [-0.25, -0.2) is 0 Å². The standard InChI is InChI=1S/C25H37F3N2O2.ClH/c1-19-8-11-24(31,17-19)23(20-6-5-7-22(16-20)32-25(26,27)28)18-29-14-9-21(10-15-29)30-12-3-2-4-13-30;/h5-7,16,19,21,23,31H,2-4,8-15,17-18H2,1H3;1H/t19-,23?,24?;/m1./s1. The molecule has 4 rings (SSSR count). The van der Waals surface area contributed by atoms with Gasteiger partial charge in [0, 0.05) is 18.5 Å². The Morgan fingerprint density at radius 1 is 1.09 bits per heavy atom. The van der Waals surface area contributed by atoms with Gasteiger partial charge in [0.1, 0.15) is 5.75 Å². The van der Waals surface area contributed by atoms with Gasteiger partial charge in [0.15, 0.2) is 0 Å². The number of alkyl halides is 3. The monoisotopic (exact) mass is 490 g/mol. The van der Waals surface area contributed by atoms with Crippen molar-refractivity contribution in [3.05, 3.63) is 29.8 Å². The van der Waals surface area contributed by atoms with Crippen LogP contribution < -0.4 is 4.74 Å². The molecule has 2 unspecified atom stereocenters. The average molecular weight is 491 g/mol. The predicted molar refractivity (Wildman–Crippen MR) is 126 cm³/mol. The van der Waals surface area contributed by atoms with Crippen molar-refractivity contribution >= 4 is 12.4 Å². The molecular formula is C25H38ClF3N2O2. The summed E-state index contributed by atoms with van der Waals surface area (Å²) in [7, 11) is 0. The molecule has 0 amide bonds. The Morgan fingerprint density at radius 3 is 2.39 bits per heavy atom. The Hall–Kier alpha value is -1.02. The zero-order chi connectivity index (χ0) is 22.8. The van der Waals surface area contributed by atoms with E-state index in [-0.39, 0.29) is 24.1 Å². The highest BCUT2D eigenvalue weighted by Gasteiger charge is 2.44. The number of piperidine rings is 2. The van der Waals surface area contributed by atoms with Crippen LogP contribution >= 0.6 is 12.4 Å². The summed E-state index contributed by atoms with van der Waals surface area (Å²) >= 11 is 0. The lowest BCUT2D eigenvalue weighted by Crippen LogP contribution is -2.49. The van der Waals surface area contributed by atoms with Crippen molar-refractivity contribution in [2.45, 2.75) is 82.2 Å². The van der Waals surface area contributed by atoms with Crippen molar-refractivity contribution in [2.24, 2.45) is 5.92 Å². The molecular weight excluding hydrogens is 453 g/mol. The van der Waals surface area contributed by atoms with Crippen LogP contribution in [-0.2, 0) is 0 Å². The predicted octanol–water partition coefficient (Wildman–Crippen LogP) is 5.59. The van der Waals surface area contributed by atoms with E-state index in [9.17, 15) is 18.3 Å². The molecule has 1 N–H and O–H groups in total. The Balaban J connectivity index is 0.00000306. The largest absolute Gasteiger partial charge is 0.573 e. The summed E-state index contributed by atoms with van der Waals surface area (Å²) in [6.07, 6.45) is 3.78. The second-order valence-corrected chi connectivity index (χ2v) is 10.3. The summed E-state index contributed by atoms with van der Waals surface area (Å²) < 4.78 is 42.5.